The van der Waals surface area contributed by atoms with Crippen LogP contribution in [0.25, 0.3) is 0 Å². The van der Waals surface area contributed by atoms with Crippen LogP contribution < -0.4 is 5.32 Å². The second-order valence-corrected chi connectivity index (χ2v) is 7.01. The summed E-state index contributed by atoms with van der Waals surface area (Å²) >= 11 is 3.46. The van der Waals surface area contributed by atoms with E-state index in [1.165, 1.54) is 0 Å². The van der Waals surface area contributed by atoms with Crippen molar-refractivity contribution in [2.75, 3.05) is 0 Å². The standard InChI is InChI=1S/C17H22BrNO2/c1-17(2,3)19-10-16-14(7-8-21-16)12-20-11-13-5-4-6-15(18)9-13/h4-9,19H,10-12H2,1-3H3. The number of hydrogen-bond acceptors (Lipinski definition) is 3. The lowest BCUT2D eigenvalue weighted by atomic mass is 10.1. The van der Waals surface area contributed by atoms with Crippen molar-refractivity contribution in [3.63, 3.8) is 0 Å². The van der Waals surface area contributed by atoms with E-state index in [0.29, 0.717) is 19.8 Å². The van der Waals surface area contributed by atoms with E-state index >= 15 is 0 Å². The first-order valence-electron chi connectivity index (χ1n) is 7.06. The van der Waals surface area contributed by atoms with Crippen LogP contribution in [0.15, 0.2) is 45.5 Å². The first-order valence-corrected chi connectivity index (χ1v) is 7.86. The zero-order chi connectivity index (χ0) is 15.3. The van der Waals surface area contributed by atoms with E-state index in [-0.39, 0.29) is 5.54 Å². The number of furan rings is 1. The van der Waals surface area contributed by atoms with Gasteiger partial charge >= 0.3 is 0 Å². The molecule has 0 aliphatic carbocycles. The van der Waals surface area contributed by atoms with E-state index < -0.39 is 0 Å². The summed E-state index contributed by atoms with van der Waals surface area (Å²) in [4.78, 5) is 0. The molecule has 0 atom stereocenters. The molecular weight excluding hydrogens is 330 g/mol. The van der Waals surface area contributed by atoms with Crippen LogP contribution in [0.3, 0.4) is 0 Å². The fraction of sp³-hybridized carbons (Fsp3) is 0.412. The molecule has 0 aliphatic rings. The molecule has 0 amide bonds. The predicted molar refractivity (Wildman–Crippen MR) is 87.9 cm³/mol. The number of benzene rings is 1. The van der Waals surface area contributed by atoms with Crippen molar-refractivity contribution in [3.05, 3.63) is 58.0 Å². The predicted octanol–water partition coefficient (Wildman–Crippen LogP) is 4.65. The van der Waals surface area contributed by atoms with Gasteiger partial charge in [-0.15, -0.1) is 0 Å². The van der Waals surface area contributed by atoms with Gasteiger partial charge in [-0.25, -0.2) is 0 Å². The van der Waals surface area contributed by atoms with E-state index in [1.807, 2.05) is 18.2 Å². The molecule has 0 spiro atoms. The lowest BCUT2D eigenvalue weighted by molar-refractivity contribution is 0.105. The van der Waals surface area contributed by atoms with Crippen LogP contribution >= 0.6 is 15.9 Å². The number of halogens is 1. The van der Waals surface area contributed by atoms with E-state index in [1.54, 1.807) is 6.26 Å². The summed E-state index contributed by atoms with van der Waals surface area (Å²) in [6.45, 7) is 8.28. The molecule has 1 heterocycles. The SMILES string of the molecule is CC(C)(C)NCc1occc1COCc1cccc(Br)c1. The Labute approximate surface area is 134 Å². The first kappa shape index (κ1) is 16.3. The highest BCUT2D eigenvalue weighted by molar-refractivity contribution is 9.10. The molecule has 0 bridgehead atoms. The Bertz CT molecular complexity index is 572. The van der Waals surface area contributed by atoms with Crippen molar-refractivity contribution in [1.82, 2.24) is 5.32 Å². The van der Waals surface area contributed by atoms with Gasteiger partial charge in [-0.2, -0.15) is 0 Å². The summed E-state index contributed by atoms with van der Waals surface area (Å²) in [6, 6.07) is 10.1. The van der Waals surface area contributed by atoms with E-state index in [9.17, 15) is 0 Å². The number of nitrogens with one attached hydrogen (secondary N) is 1. The van der Waals surface area contributed by atoms with Crippen LogP contribution in [-0.4, -0.2) is 5.54 Å². The third-order valence-corrected chi connectivity index (χ3v) is 3.53. The molecule has 1 aromatic carbocycles. The molecule has 2 aromatic rings. The Morgan fingerprint density at radius 2 is 2.00 bits per heavy atom. The largest absolute Gasteiger partial charge is 0.468 e. The molecule has 21 heavy (non-hydrogen) atoms. The fourth-order valence-corrected chi connectivity index (χ4v) is 2.35. The minimum absolute atomic E-state index is 0.0707. The van der Waals surface area contributed by atoms with Gasteiger partial charge in [-0.3, -0.25) is 0 Å². The molecule has 0 saturated heterocycles. The lowest BCUT2D eigenvalue weighted by Crippen LogP contribution is -2.35. The summed E-state index contributed by atoms with van der Waals surface area (Å²) in [7, 11) is 0. The Hall–Kier alpha value is -1.10. The van der Waals surface area contributed by atoms with Crippen LogP contribution in [0.5, 0.6) is 0 Å². The molecule has 1 aromatic heterocycles. The zero-order valence-electron chi connectivity index (χ0n) is 12.8. The third-order valence-electron chi connectivity index (χ3n) is 3.03. The van der Waals surface area contributed by atoms with Gasteiger partial charge in [0, 0.05) is 15.6 Å². The number of rotatable bonds is 6. The Morgan fingerprint density at radius 1 is 1.19 bits per heavy atom. The average Bonchev–Trinajstić information content (AvgIpc) is 2.83. The minimum atomic E-state index is 0.0707. The van der Waals surface area contributed by atoms with Gasteiger partial charge in [0.25, 0.3) is 0 Å². The van der Waals surface area contributed by atoms with Crippen molar-refractivity contribution in [1.29, 1.82) is 0 Å². The highest BCUT2D eigenvalue weighted by Gasteiger charge is 2.12. The summed E-state index contributed by atoms with van der Waals surface area (Å²) in [6.07, 6.45) is 1.72. The van der Waals surface area contributed by atoms with Crippen LogP contribution in [0.1, 0.15) is 37.7 Å². The smallest absolute Gasteiger partial charge is 0.123 e. The van der Waals surface area contributed by atoms with Crippen LogP contribution in [0.2, 0.25) is 0 Å². The summed E-state index contributed by atoms with van der Waals surface area (Å²) in [5, 5.41) is 3.42. The third kappa shape index (κ3) is 5.65. The average molecular weight is 352 g/mol. The van der Waals surface area contributed by atoms with Gasteiger partial charge in [0.2, 0.25) is 0 Å². The molecule has 0 unspecified atom stereocenters. The second-order valence-electron chi connectivity index (χ2n) is 6.10. The summed E-state index contributed by atoms with van der Waals surface area (Å²) in [5.41, 5.74) is 2.32. The van der Waals surface area contributed by atoms with E-state index in [2.05, 4.69) is 54.2 Å². The summed E-state index contributed by atoms with van der Waals surface area (Å²) in [5.74, 6) is 0.944. The fourth-order valence-electron chi connectivity index (χ4n) is 1.90. The maximum Gasteiger partial charge on any atom is 0.123 e. The van der Waals surface area contributed by atoms with Gasteiger partial charge in [-0.05, 0) is 44.5 Å². The molecule has 114 valence electrons. The first-order chi connectivity index (χ1) is 9.94. The number of ether oxygens (including phenoxy) is 1. The monoisotopic (exact) mass is 351 g/mol. The molecule has 0 saturated carbocycles. The highest BCUT2D eigenvalue weighted by Crippen LogP contribution is 2.16. The van der Waals surface area contributed by atoms with Crippen molar-refractivity contribution >= 4 is 15.9 Å². The molecule has 4 heteroatoms. The van der Waals surface area contributed by atoms with Crippen molar-refractivity contribution in [2.45, 2.75) is 46.1 Å². The van der Waals surface area contributed by atoms with Crippen molar-refractivity contribution in [3.8, 4) is 0 Å². The highest BCUT2D eigenvalue weighted by atomic mass is 79.9. The molecule has 0 aliphatic heterocycles. The topological polar surface area (TPSA) is 34.4 Å². The second kappa shape index (κ2) is 7.25. The molecule has 1 N–H and O–H groups in total. The summed E-state index contributed by atoms with van der Waals surface area (Å²) < 4.78 is 12.4. The quantitative estimate of drug-likeness (QED) is 0.822. The maximum absolute atomic E-state index is 5.78. The molecule has 3 nitrogen and oxygen atoms in total. The van der Waals surface area contributed by atoms with E-state index in [0.717, 1.165) is 21.4 Å². The van der Waals surface area contributed by atoms with Gasteiger partial charge in [-0.1, -0.05) is 28.1 Å². The molecule has 2 rings (SSSR count). The van der Waals surface area contributed by atoms with Crippen molar-refractivity contribution < 1.29 is 9.15 Å². The number of hydrogen-bond donors (Lipinski definition) is 1. The van der Waals surface area contributed by atoms with Gasteiger partial charge in [0.1, 0.15) is 5.76 Å². The molecular formula is C17H22BrNO2. The van der Waals surface area contributed by atoms with Crippen LogP contribution in [0, 0.1) is 0 Å². The Kier molecular flexibility index (Phi) is 5.62. The zero-order valence-corrected chi connectivity index (χ0v) is 14.4. The Balaban J connectivity index is 1.85. The van der Waals surface area contributed by atoms with Crippen molar-refractivity contribution in [2.24, 2.45) is 0 Å². The molecule has 0 radical (unpaired) electrons. The van der Waals surface area contributed by atoms with E-state index in [4.69, 9.17) is 9.15 Å². The van der Waals surface area contributed by atoms with Gasteiger partial charge in [0.05, 0.1) is 26.0 Å². The maximum atomic E-state index is 5.78. The van der Waals surface area contributed by atoms with Gasteiger partial charge in [0.15, 0.2) is 0 Å². The normalized spacial score (nSPS) is 11.8. The van der Waals surface area contributed by atoms with Gasteiger partial charge < -0.3 is 14.5 Å². The molecule has 0 fully saturated rings. The van der Waals surface area contributed by atoms with Crippen LogP contribution in [0.4, 0.5) is 0 Å². The minimum Gasteiger partial charge on any atom is -0.468 e. The van der Waals surface area contributed by atoms with Crippen LogP contribution in [-0.2, 0) is 24.5 Å². The lowest BCUT2D eigenvalue weighted by Gasteiger charge is -2.20. The Morgan fingerprint density at radius 3 is 2.71 bits per heavy atom.